The molecule has 2 amide bonds. The Kier molecular flexibility index (Phi) is 4.76. The fraction of sp³-hybridized carbons (Fsp3) is 0.333. The summed E-state index contributed by atoms with van der Waals surface area (Å²) in [6.45, 7) is 3.40. The molecule has 1 N–H and O–H groups in total. The predicted octanol–water partition coefficient (Wildman–Crippen LogP) is 3.47. The summed E-state index contributed by atoms with van der Waals surface area (Å²) in [5.41, 5.74) is 1.97. The van der Waals surface area contributed by atoms with Crippen LogP contribution in [0.15, 0.2) is 48.8 Å². The van der Waals surface area contributed by atoms with Gasteiger partial charge in [-0.1, -0.05) is 12.1 Å². The molecule has 23 heavy (non-hydrogen) atoms. The number of urea groups is 1. The van der Waals surface area contributed by atoms with Crippen LogP contribution >= 0.6 is 0 Å². The Morgan fingerprint density at radius 3 is 2.78 bits per heavy atom. The van der Waals surface area contributed by atoms with Gasteiger partial charge in [-0.3, -0.25) is 4.98 Å². The molecule has 2 heterocycles. The lowest BCUT2D eigenvalue weighted by atomic mass is 10.1. The monoisotopic (exact) mass is 311 g/mol. The van der Waals surface area contributed by atoms with E-state index >= 15 is 0 Å². The molecule has 1 aromatic heterocycles. The van der Waals surface area contributed by atoms with E-state index in [9.17, 15) is 4.79 Å². The van der Waals surface area contributed by atoms with Crippen molar-refractivity contribution in [3.05, 3.63) is 54.4 Å². The molecule has 0 radical (unpaired) electrons. The normalized spacial score (nSPS) is 15.3. The number of aromatic nitrogens is 1. The van der Waals surface area contributed by atoms with Crippen molar-refractivity contribution in [2.24, 2.45) is 0 Å². The average molecular weight is 311 g/mol. The summed E-state index contributed by atoms with van der Waals surface area (Å²) in [7, 11) is 0. The third kappa shape index (κ3) is 4.22. The predicted molar refractivity (Wildman–Crippen MR) is 89.7 cm³/mol. The van der Waals surface area contributed by atoms with Crippen LogP contribution in [-0.4, -0.2) is 35.1 Å². The fourth-order valence-corrected chi connectivity index (χ4v) is 2.71. The number of nitrogens with zero attached hydrogens (tertiary/aromatic N) is 2. The first kappa shape index (κ1) is 15.3. The Morgan fingerprint density at radius 2 is 2.09 bits per heavy atom. The minimum Gasteiger partial charge on any atom is -0.489 e. The van der Waals surface area contributed by atoms with E-state index in [4.69, 9.17) is 4.74 Å². The van der Waals surface area contributed by atoms with Crippen molar-refractivity contribution in [1.82, 2.24) is 9.88 Å². The first-order chi connectivity index (χ1) is 11.2. The molecule has 1 aromatic carbocycles. The van der Waals surface area contributed by atoms with Crippen molar-refractivity contribution >= 4 is 11.7 Å². The highest BCUT2D eigenvalue weighted by molar-refractivity contribution is 5.89. The van der Waals surface area contributed by atoms with Crippen molar-refractivity contribution in [2.75, 3.05) is 18.4 Å². The highest BCUT2D eigenvalue weighted by Gasteiger charge is 2.24. The molecule has 0 spiro atoms. The fourth-order valence-electron chi connectivity index (χ4n) is 2.71. The van der Waals surface area contributed by atoms with Crippen molar-refractivity contribution < 1.29 is 9.53 Å². The molecule has 5 heteroatoms. The number of carbonyl (C=O) groups is 1. The minimum absolute atomic E-state index is 0.0459. The molecule has 1 fully saturated rings. The second-order valence-corrected chi connectivity index (χ2v) is 5.79. The Balaban J connectivity index is 1.49. The van der Waals surface area contributed by atoms with Crippen molar-refractivity contribution in [3.8, 4) is 5.75 Å². The lowest BCUT2D eigenvalue weighted by Gasteiger charge is -2.32. The molecular weight excluding hydrogens is 290 g/mol. The number of carbonyl (C=O) groups excluding carboxylic acids is 1. The van der Waals surface area contributed by atoms with Gasteiger partial charge >= 0.3 is 6.03 Å². The van der Waals surface area contributed by atoms with Gasteiger partial charge in [-0.15, -0.1) is 0 Å². The third-order valence-electron chi connectivity index (χ3n) is 3.94. The molecule has 2 aromatic rings. The van der Waals surface area contributed by atoms with Gasteiger partial charge in [0.15, 0.2) is 0 Å². The van der Waals surface area contributed by atoms with Gasteiger partial charge in [-0.2, -0.15) is 0 Å². The zero-order chi connectivity index (χ0) is 16.1. The summed E-state index contributed by atoms with van der Waals surface area (Å²) in [5, 5.41) is 2.95. The SMILES string of the molecule is Cc1cccc(NC(=O)N2CCC(Oc3cccnc3)CC2)c1. The maximum Gasteiger partial charge on any atom is 0.321 e. The lowest BCUT2D eigenvalue weighted by Crippen LogP contribution is -2.43. The van der Waals surface area contributed by atoms with E-state index in [-0.39, 0.29) is 12.1 Å². The maximum absolute atomic E-state index is 12.3. The molecule has 0 bridgehead atoms. The first-order valence-electron chi connectivity index (χ1n) is 7.90. The first-order valence-corrected chi connectivity index (χ1v) is 7.90. The van der Waals surface area contributed by atoms with Crippen LogP contribution in [0.3, 0.4) is 0 Å². The van der Waals surface area contributed by atoms with Gasteiger partial charge in [0.05, 0.1) is 6.20 Å². The van der Waals surface area contributed by atoms with Crippen LogP contribution in [0.1, 0.15) is 18.4 Å². The van der Waals surface area contributed by atoms with E-state index in [1.165, 1.54) is 0 Å². The summed E-state index contributed by atoms with van der Waals surface area (Å²) in [5.74, 6) is 0.787. The third-order valence-corrected chi connectivity index (χ3v) is 3.94. The van der Waals surface area contributed by atoms with Crippen LogP contribution in [0.4, 0.5) is 10.5 Å². The van der Waals surface area contributed by atoms with Crippen molar-refractivity contribution in [3.63, 3.8) is 0 Å². The van der Waals surface area contributed by atoms with Gasteiger partial charge in [0.1, 0.15) is 11.9 Å². The minimum atomic E-state index is -0.0459. The second-order valence-electron chi connectivity index (χ2n) is 5.79. The number of hydrogen-bond donors (Lipinski definition) is 1. The van der Waals surface area contributed by atoms with Gasteiger partial charge in [0.2, 0.25) is 0 Å². The molecule has 0 atom stereocenters. The Bertz CT molecular complexity index is 652. The summed E-state index contributed by atoms with van der Waals surface area (Å²) in [4.78, 5) is 18.2. The summed E-state index contributed by atoms with van der Waals surface area (Å²) >= 11 is 0. The summed E-state index contributed by atoms with van der Waals surface area (Å²) < 4.78 is 5.90. The van der Waals surface area contributed by atoms with E-state index < -0.39 is 0 Å². The molecule has 1 aliphatic rings. The molecule has 1 aliphatic heterocycles. The van der Waals surface area contributed by atoms with E-state index in [2.05, 4.69) is 10.3 Å². The number of aryl methyl sites for hydroxylation is 1. The maximum atomic E-state index is 12.3. The number of rotatable bonds is 3. The molecule has 3 rings (SSSR count). The number of likely N-dealkylation sites (tertiary alicyclic amines) is 1. The molecule has 5 nitrogen and oxygen atoms in total. The van der Waals surface area contributed by atoms with Gasteiger partial charge in [0, 0.05) is 37.8 Å². The number of hydrogen-bond acceptors (Lipinski definition) is 3. The van der Waals surface area contributed by atoms with Gasteiger partial charge in [-0.05, 0) is 36.8 Å². The van der Waals surface area contributed by atoms with Gasteiger partial charge in [0.25, 0.3) is 0 Å². The molecule has 0 saturated carbocycles. The number of anilines is 1. The molecule has 120 valence electrons. The van der Waals surface area contributed by atoms with Crippen LogP contribution < -0.4 is 10.1 Å². The van der Waals surface area contributed by atoms with Crippen LogP contribution in [0, 0.1) is 6.92 Å². The average Bonchev–Trinajstić information content (AvgIpc) is 2.56. The van der Waals surface area contributed by atoms with E-state index in [0.717, 1.165) is 29.8 Å². The zero-order valence-electron chi connectivity index (χ0n) is 13.2. The smallest absolute Gasteiger partial charge is 0.321 e. The molecular formula is C18H21N3O2. The number of pyridine rings is 1. The van der Waals surface area contributed by atoms with Crippen LogP contribution in [0.2, 0.25) is 0 Å². The quantitative estimate of drug-likeness (QED) is 0.944. The largest absolute Gasteiger partial charge is 0.489 e. The van der Waals surface area contributed by atoms with Crippen LogP contribution in [-0.2, 0) is 0 Å². The lowest BCUT2D eigenvalue weighted by molar-refractivity contribution is 0.115. The standard InChI is InChI=1S/C18H21N3O2/c1-14-4-2-5-15(12-14)20-18(22)21-10-7-16(8-11-21)23-17-6-3-9-19-13-17/h2-6,9,12-13,16H,7-8,10-11H2,1H3,(H,20,22). The van der Waals surface area contributed by atoms with E-state index in [0.29, 0.717) is 13.1 Å². The highest BCUT2D eigenvalue weighted by Crippen LogP contribution is 2.19. The molecule has 0 aliphatic carbocycles. The van der Waals surface area contributed by atoms with Gasteiger partial charge < -0.3 is 15.0 Å². The van der Waals surface area contributed by atoms with Crippen molar-refractivity contribution in [1.29, 1.82) is 0 Å². The Hall–Kier alpha value is -2.56. The van der Waals surface area contributed by atoms with E-state index in [1.54, 1.807) is 12.4 Å². The number of amides is 2. The Morgan fingerprint density at radius 1 is 1.26 bits per heavy atom. The van der Waals surface area contributed by atoms with Crippen LogP contribution in [0.25, 0.3) is 0 Å². The highest BCUT2D eigenvalue weighted by atomic mass is 16.5. The van der Waals surface area contributed by atoms with Crippen molar-refractivity contribution in [2.45, 2.75) is 25.9 Å². The van der Waals surface area contributed by atoms with Crippen LogP contribution in [0.5, 0.6) is 5.75 Å². The number of piperidine rings is 1. The Labute approximate surface area is 136 Å². The number of ether oxygens (including phenoxy) is 1. The summed E-state index contributed by atoms with van der Waals surface area (Å²) in [6, 6.07) is 11.6. The van der Waals surface area contributed by atoms with E-state index in [1.807, 2.05) is 48.2 Å². The molecule has 1 saturated heterocycles. The number of benzene rings is 1. The number of nitrogens with one attached hydrogen (secondary N) is 1. The molecule has 0 unspecified atom stereocenters. The van der Waals surface area contributed by atoms with Gasteiger partial charge in [-0.25, -0.2) is 4.79 Å². The zero-order valence-corrected chi connectivity index (χ0v) is 13.2. The topological polar surface area (TPSA) is 54.5 Å². The second kappa shape index (κ2) is 7.13. The summed E-state index contributed by atoms with van der Waals surface area (Å²) in [6.07, 6.45) is 5.25.